The highest BCUT2D eigenvalue weighted by Crippen LogP contribution is 2.60. The fraction of sp³-hybridized carbons (Fsp3) is 0.593. The van der Waals surface area contributed by atoms with E-state index in [9.17, 15) is 4.79 Å². The number of anilines is 2. The first-order chi connectivity index (χ1) is 16.0. The highest BCUT2D eigenvalue weighted by Gasteiger charge is 2.64. The van der Waals surface area contributed by atoms with Gasteiger partial charge in [-0.2, -0.15) is 0 Å². The second kappa shape index (κ2) is 7.88. The van der Waals surface area contributed by atoms with Crippen molar-refractivity contribution in [3.05, 3.63) is 48.1 Å². The minimum atomic E-state index is -1.79. The van der Waals surface area contributed by atoms with Crippen LogP contribution >= 0.6 is 0 Å². The van der Waals surface area contributed by atoms with E-state index < -0.39 is 8.32 Å². The number of rotatable bonds is 6. The Morgan fingerprint density at radius 2 is 2.06 bits per heavy atom. The van der Waals surface area contributed by atoms with Crippen molar-refractivity contribution in [2.45, 2.75) is 71.3 Å². The summed E-state index contributed by atoms with van der Waals surface area (Å²) in [4.78, 5) is 20.3. The van der Waals surface area contributed by atoms with Gasteiger partial charge < -0.3 is 24.4 Å². The monoisotopic (exact) mass is 480 g/mol. The molecule has 4 heterocycles. The molecule has 7 heteroatoms. The summed E-state index contributed by atoms with van der Waals surface area (Å²) in [5, 5.41) is 3.30. The van der Waals surface area contributed by atoms with Crippen molar-refractivity contribution in [3.63, 3.8) is 0 Å². The lowest BCUT2D eigenvalue weighted by molar-refractivity contribution is -0.122. The fourth-order valence-corrected chi connectivity index (χ4v) is 6.45. The molecule has 4 aliphatic heterocycles. The van der Waals surface area contributed by atoms with Gasteiger partial charge in [0.05, 0.1) is 22.8 Å². The third-order valence-corrected chi connectivity index (χ3v) is 13.5. The Bertz CT molecular complexity index is 1060. The van der Waals surface area contributed by atoms with Crippen molar-refractivity contribution in [2.75, 3.05) is 30.0 Å². The van der Waals surface area contributed by atoms with Crippen LogP contribution in [-0.2, 0) is 15.8 Å². The van der Waals surface area contributed by atoms with E-state index in [-0.39, 0.29) is 10.5 Å². The number of carbonyl (C=O) groups is 1. The van der Waals surface area contributed by atoms with Crippen molar-refractivity contribution in [1.29, 1.82) is 0 Å². The summed E-state index contributed by atoms with van der Waals surface area (Å²) in [5.74, 6) is 0.669. The molecule has 1 aliphatic carbocycles. The molecule has 1 spiro atoms. The smallest absolute Gasteiger partial charge is 0.233 e. The molecule has 5 aliphatic rings. The molecule has 1 unspecified atom stereocenters. The highest BCUT2D eigenvalue weighted by atomic mass is 28.4. The van der Waals surface area contributed by atoms with Crippen LogP contribution in [0, 0.1) is 11.3 Å². The average Bonchev–Trinajstić information content (AvgIpc) is 3.46. The lowest BCUT2D eigenvalue weighted by atomic mass is 10.0. The van der Waals surface area contributed by atoms with Crippen LogP contribution in [0.2, 0.25) is 18.1 Å². The van der Waals surface area contributed by atoms with E-state index >= 15 is 0 Å². The molecular formula is C27H40N4O2Si. The third-order valence-electron chi connectivity index (χ3n) is 9.02. The predicted molar refractivity (Wildman–Crippen MR) is 141 cm³/mol. The lowest BCUT2D eigenvalue weighted by Gasteiger charge is -2.39. The summed E-state index contributed by atoms with van der Waals surface area (Å²) in [5.41, 5.74) is 4.60. The summed E-state index contributed by atoms with van der Waals surface area (Å²) in [6, 6.07) is 6.94. The standard InChI is InChI=1S/C27H40N4O2Si/c1-19-24-17-29(19)16-20-14-22(8-9-23(20)31(24)13-11-28-5)30-12-10-27(25(30)32)15-21(27)18-33-34(6,7)26(2,3)4/h8-9,11,13-14,17,19,21,28H,10,12,15-16,18H2,1-7H3/b13-11-/t19?,21-,27+/m1/s1. The highest BCUT2D eigenvalue weighted by molar-refractivity contribution is 6.74. The average molecular weight is 481 g/mol. The van der Waals surface area contributed by atoms with Crippen LogP contribution in [0.3, 0.4) is 0 Å². The maximum Gasteiger partial charge on any atom is 0.233 e. The van der Waals surface area contributed by atoms with Crippen LogP contribution in [0.15, 0.2) is 42.5 Å². The Morgan fingerprint density at radius 3 is 2.74 bits per heavy atom. The zero-order chi connectivity index (χ0) is 24.5. The van der Waals surface area contributed by atoms with Crippen molar-refractivity contribution in [3.8, 4) is 0 Å². The van der Waals surface area contributed by atoms with Gasteiger partial charge >= 0.3 is 0 Å². The molecule has 0 aromatic heterocycles. The first-order valence-corrected chi connectivity index (χ1v) is 15.6. The summed E-state index contributed by atoms with van der Waals surface area (Å²) >= 11 is 0. The van der Waals surface area contributed by atoms with Crippen LogP contribution in [0.4, 0.5) is 11.4 Å². The number of nitrogens with one attached hydrogen (secondary N) is 1. The minimum absolute atomic E-state index is 0.194. The van der Waals surface area contributed by atoms with Crippen LogP contribution in [0.1, 0.15) is 46.1 Å². The van der Waals surface area contributed by atoms with Gasteiger partial charge in [0.1, 0.15) is 0 Å². The summed E-state index contributed by atoms with van der Waals surface area (Å²) in [7, 11) is 0.124. The van der Waals surface area contributed by atoms with E-state index in [1.54, 1.807) is 0 Å². The fourth-order valence-electron chi connectivity index (χ4n) is 5.40. The normalized spacial score (nSPS) is 28.3. The van der Waals surface area contributed by atoms with Gasteiger partial charge in [-0.1, -0.05) is 20.8 Å². The van der Waals surface area contributed by atoms with E-state index in [1.807, 2.05) is 18.1 Å². The maximum atomic E-state index is 13.6. The number of carbonyl (C=O) groups excluding carboxylic acids is 1. The first kappa shape index (κ1) is 23.5. The molecule has 1 saturated carbocycles. The zero-order valence-electron chi connectivity index (χ0n) is 21.8. The summed E-state index contributed by atoms with van der Waals surface area (Å²) in [6.07, 6.45) is 8.21. The van der Waals surface area contributed by atoms with Gasteiger partial charge in [-0.25, -0.2) is 0 Å². The molecule has 1 aromatic rings. The van der Waals surface area contributed by atoms with Gasteiger partial charge in [0.25, 0.3) is 0 Å². The Kier molecular flexibility index (Phi) is 5.45. The molecule has 0 radical (unpaired) electrons. The second-order valence-electron chi connectivity index (χ2n) is 12.0. The largest absolute Gasteiger partial charge is 0.417 e. The predicted octanol–water partition coefficient (Wildman–Crippen LogP) is 5.01. The molecule has 2 bridgehead atoms. The molecule has 1 amide bonds. The van der Waals surface area contributed by atoms with Crippen LogP contribution in [0.25, 0.3) is 0 Å². The maximum absolute atomic E-state index is 13.6. The van der Waals surface area contributed by atoms with E-state index in [0.717, 1.165) is 38.2 Å². The molecule has 1 N–H and O–H groups in total. The minimum Gasteiger partial charge on any atom is -0.417 e. The Labute approximate surface area is 205 Å². The second-order valence-corrected chi connectivity index (χ2v) is 16.8. The van der Waals surface area contributed by atoms with Gasteiger partial charge in [0.2, 0.25) is 5.91 Å². The molecule has 6 rings (SSSR count). The number of amides is 1. The van der Waals surface area contributed by atoms with E-state index in [0.29, 0.717) is 17.9 Å². The lowest BCUT2D eigenvalue weighted by Crippen LogP contribution is -2.41. The van der Waals surface area contributed by atoms with E-state index in [1.165, 1.54) is 16.9 Å². The molecule has 34 heavy (non-hydrogen) atoms. The van der Waals surface area contributed by atoms with Crippen molar-refractivity contribution in [1.82, 2.24) is 10.2 Å². The Hall–Kier alpha value is -2.25. The molecule has 2 fully saturated rings. The molecular weight excluding hydrogens is 440 g/mol. The SMILES string of the molecule is CN/C=C\N1C2=CN(Cc3cc(N4CC[C@@]5(C[C@@H]5CO[Si](C)(C)C(C)(C)C)C4=O)ccc31)C2C. The van der Waals surface area contributed by atoms with Crippen molar-refractivity contribution in [2.24, 2.45) is 11.3 Å². The molecule has 184 valence electrons. The number of hydrogen-bond donors (Lipinski definition) is 1. The quantitative estimate of drug-likeness (QED) is 0.580. The first-order valence-electron chi connectivity index (χ1n) is 12.7. The van der Waals surface area contributed by atoms with Crippen molar-refractivity contribution < 1.29 is 9.22 Å². The van der Waals surface area contributed by atoms with Gasteiger partial charge in [-0.05, 0) is 67.6 Å². The summed E-state index contributed by atoms with van der Waals surface area (Å²) in [6.45, 7) is 16.1. The van der Waals surface area contributed by atoms with Gasteiger partial charge in [-0.3, -0.25) is 4.79 Å². The number of nitrogens with zero attached hydrogens (tertiary/aromatic N) is 3. The topological polar surface area (TPSA) is 48.0 Å². The number of benzene rings is 1. The van der Waals surface area contributed by atoms with Crippen molar-refractivity contribution >= 4 is 25.6 Å². The zero-order valence-corrected chi connectivity index (χ0v) is 22.8. The van der Waals surface area contributed by atoms with E-state index in [4.69, 9.17) is 4.43 Å². The van der Waals surface area contributed by atoms with E-state index in [2.05, 4.69) is 86.5 Å². The van der Waals surface area contributed by atoms with Gasteiger partial charge in [-0.15, -0.1) is 0 Å². The van der Waals surface area contributed by atoms with Crippen LogP contribution in [-0.4, -0.2) is 45.4 Å². The Balaban J connectivity index is 1.32. The van der Waals surface area contributed by atoms with Gasteiger partial charge in [0.15, 0.2) is 8.32 Å². The molecule has 1 aromatic carbocycles. The van der Waals surface area contributed by atoms with Gasteiger partial charge in [0, 0.05) is 51.0 Å². The molecule has 1 saturated heterocycles. The van der Waals surface area contributed by atoms with Crippen LogP contribution < -0.4 is 15.1 Å². The Morgan fingerprint density at radius 1 is 1.29 bits per heavy atom. The molecule has 3 atom stereocenters. The number of hydrogen-bond acceptors (Lipinski definition) is 5. The van der Waals surface area contributed by atoms with Crippen LogP contribution in [0.5, 0.6) is 0 Å². The molecule has 6 nitrogen and oxygen atoms in total. The summed E-state index contributed by atoms with van der Waals surface area (Å²) < 4.78 is 6.49. The third kappa shape index (κ3) is 3.59.